The predicted octanol–water partition coefficient (Wildman–Crippen LogP) is 3.23. The van der Waals surface area contributed by atoms with Gasteiger partial charge in [0.25, 0.3) is 0 Å². The van der Waals surface area contributed by atoms with Gasteiger partial charge in [-0.1, -0.05) is 5.21 Å². The molecule has 0 spiro atoms. The van der Waals surface area contributed by atoms with Crippen molar-refractivity contribution in [2.45, 2.75) is 71.1 Å². The minimum atomic E-state index is -0.761. The fraction of sp³-hybridized carbons (Fsp3) is 0.609. The summed E-state index contributed by atoms with van der Waals surface area (Å²) >= 11 is 0. The fourth-order valence-electron chi connectivity index (χ4n) is 4.26. The molecule has 2 N–H and O–H groups in total. The van der Waals surface area contributed by atoms with Crippen LogP contribution in [0.4, 0.5) is 4.79 Å². The van der Waals surface area contributed by atoms with Crippen molar-refractivity contribution in [3.05, 3.63) is 23.5 Å². The van der Waals surface area contributed by atoms with Gasteiger partial charge in [-0.25, -0.2) is 14.5 Å². The summed E-state index contributed by atoms with van der Waals surface area (Å²) in [6, 6.07) is 3.64. The lowest BCUT2D eigenvalue weighted by molar-refractivity contribution is -0.143. The quantitative estimate of drug-likeness (QED) is 0.618. The molecule has 0 saturated heterocycles. The van der Waals surface area contributed by atoms with Crippen LogP contribution in [0.25, 0.3) is 11.4 Å². The van der Waals surface area contributed by atoms with Crippen LogP contribution in [0, 0.1) is 18.8 Å². The smallest absolute Gasteiger partial charge is 0.407 e. The van der Waals surface area contributed by atoms with Gasteiger partial charge in [0, 0.05) is 7.05 Å². The molecule has 0 aromatic carbocycles. The average Bonchev–Trinajstić information content (AvgIpc) is 3.57. The van der Waals surface area contributed by atoms with E-state index in [1.54, 1.807) is 17.8 Å². The number of alkyl carbamates (subject to hydrolysis) is 1. The Labute approximate surface area is 192 Å². The maximum atomic E-state index is 12.1. The minimum absolute atomic E-state index is 0.0825. The molecule has 2 fully saturated rings. The summed E-state index contributed by atoms with van der Waals surface area (Å²) in [6.45, 7) is 3.98. The zero-order chi connectivity index (χ0) is 23.5. The summed E-state index contributed by atoms with van der Waals surface area (Å²) in [5.41, 5.74) is 2.60. The third-order valence-electron chi connectivity index (χ3n) is 6.47. The molecule has 2 heterocycles. The SMILES string of the molecule is Cc1nc(-c2nnn(C)c2CNC(=O)OC(C)C2CC2)ccc1O[C@H]1CCC[C@H](C(=O)O)C1. The van der Waals surface area contributed by atoms with Crippen LogP contribution in [-0.4, -0.2) is 49.4 Å². The standard InChI is InChI=1S/C23H31N5O5/c1-13-20(33-17-6-4-5-16(11-17)22(29)30)10-9-18(25-13)21-19(28(3)27-26-21)12-24-23(31)32-14(2)15-7-8-15/h9-10,14-17H,4-8,11-12H2,1-3H3,(H,24,31)(H,29,30)/t14?,16-,17-/m0/s1. The molecule has 33 heavy (non-hydrogen) atoms. The Bertz CT molecular complexity index is 1020. The number of carboxylic acid groups (broad SMARTS) is 1. The van der Waals surface area contributed by atoms with Crippen LogP contribution in [0.3, 0.4) is 0 Å². The largest absolute Gasteiger partial charge is 0.489 e. The van der Waals surface area contributed by atoms with E-state index in [4.69, 9.17) is 9.47 Å². The van der Waals surface area contributed by atoms with Crippen molar-refractivity contribution in [3.63, 3.8) is 0 Å². The van der Waals surface area contributed by atoms with Crippen LogP contribution in [-0.2, 0) is 23.1 Å². The zero-order valence-electron chi connectivity index (χ0n) is 19.3. The van der Waals surface area contributed by atoms with Crippen molar-refractivity contribution in [2.75, 3.05) is 0 Å². The average molecular weight is 458 g/mol. The molecule has 0 aliphatic heterocycles. The van der Waals surface area contributed by atoms with Crippen molar-refractivity contribution in [2.24, 2.45) is 18.9 Å². The van der Waals surface area contributed by atoms with Gasteiger partial charge < -0.3 is 19.9 Å². The van der Waals surface area contributed by atoms with Gasteiger partial charge in [0.15, 0.2) is 0 Å². The minimum Gasteiger partial charge on any atom is -0.489 e. The van der Waals surface area contributed by atoms with Gasteiger partial charge in [0.1, 0.15) is 17.5 Å². The van der Waals surface area contributed by atoms with Gasteiger partial charge in [0.05, 0.1) is 35.6 Å². The Morgan fingerprint density at radius 2 is 2.06 bits per heavy atom. The Kier molecular flexibility index (Phi) is 6.80. The number of ether oxygens (including phenoxy) is 2. The number of carboxylic acids is 1. The third kappa shape index (κ3) is 5.61. The van der Waals surface area contributed by atoms with E-state index in [1.165, 1.54) is 0 Å². The second-order valence-corrected chi connectivity index (χ2v) is 9.03. The number of hydrogen-bond donors (Lipinski definition) is 2. The lowest BCUT2D eigenvalue weighted by Gasteiger charge is -2.27. The number of carbonyl (C=O) groups is 2. The third-order valence-corrected chi connectivity index (χ3v) is 6.47. The lowest BCUT2D eigenvalue weighted by Crippen LogP contribution is -2.29. The van der Waals surface area contributed by atoms with Crippen molar-refractivity contribution < 1.29 is 24.2 Å². The van der Waals surface area contributed by atoms with E-state index in [2.05, 4.69) is 20.6 Å². The summed E-state index contributed by atoms with van der Waals surface area (Å²) in [5, 5.41) is 20.4. The van der Waals surface area contributed by atoms with Crippen molar-refractivity contribution in [1.82, 2.24) is 25.3 Å². The first kappa shape index (κ1) is 23.0. The Hall–Kier alpha value is -3.17. The summed E-state index contributed by atoms with van der Waals surface area (Å²) in [4.78, 5) is 28.1. The van der Waals surface area contributed by atoms with Gasteiger partial charge in [-0.15, -0.1) is 5.10 Å². The molecule has 0 radical (unpaired) electrons. The highest BCUT2D eigenvalue weighted by Gasteiger charge is 2.31. The topological polar surface area (TPSA) is 128 Å². The van der Waals surface area contributed by atoms with E-state index in [0.29, 0.717) is 47.3 Å². The molecule has 1 unspecified atom stereocenters. The van der Waals surface area contributed by atoms with E-state index in [0.717, 1.165) is 25.7 Å². The Morgan fingerprint density at radius 3 is 2.76 bits per heavy atom. The van der Waals surface area contributed by atoms with Gasteiger partial charge in [-0.05, 0) is 70.4 Å². The number of pyridine rings is 1. The van der Waals surface area contributed by atoms with E-state index in [-0.39, 0.29) is 24.7 Å². The normalized spacial score (nSPS) is 21.3. The zero-order valence-corrected chi connectivity index (χ0v) is 19.3. The van der Waals surface area contributed by atoms with Gasteiger partial charge in [0.2, 0.25) is 0 Å². The first-order chi connectivity index (χ1) is 15.8. The number of nitrogens with one attached hydrogen (secondary N) is 1. The highest BCUT2D eigenvalue weighted by Crippen LogP contribution is 2.34. The summed E-state index contributed by atoms with van der Waals surface area (Å²) < 4.78 is 13.1. The number of carbonyl (C=O) groups excluding carboxylic acids is 1. The Balaban J connectivity index is 1.41. The molecular formula is C23H31N5O5. The van der Waals surface area contributed by atoms with Gasteiger partial charge in [-0.2, -0.15) is 0 Å². The molecule has 2 aliphatic carbocycles. The van der Waals surface area contributed by atoms with E-state index in [1.807, 2.05) is 19.9 Å². The van der Waals surface area contributed by atoms with Crippen LogP contribution in [0.5, 0.6) is 5.75 Å². The van der Waals surface area contributed by atoms with Crippen molar-refractivity contribution in [3.8, 4) is 17.1 Å². The molecule has 178 valence electrons. The number of aromatic nitrogens is 4. The van der Waals surface area contributed by atoms with Crippen LogP contribution < -0.4 is 10.1 Å². The van der Waals surface area contributed by atoms with Crippen LogP contribution in [0.15, 0.2) is 12.1 Å². The molecular weight excluding hydrogens is 426 g/mol. The molecule has 2 aromatic heterocycles. The van der Waals surface area contributed by atoms with Gasteiger partial charge >= 0.3 is 12.1 Å². The van der Waals surface area contributed by atoms with Crippen molar-refractivity contribution >= 4 is 12.1 Å². The number of aryl methyl sites for hydroxylation is 2. The second-order valence-electron chi connectivity index (χ2n) is 9.03. The van der Waals surface area contributed by atoms with Crippen LogP contribution in [0.2, 0.25) is 0 Å². The molecule has 0 bridgehead atoms. The van der Waals surface area contributed by atoms with E-state index >= 15 is 0 Å². The van der Waals surface area contributed by atoms with Crippen LogP contribution >= 0.6 is 0 Å². The second kappa shape index (κ2) is 9.76. The lowest BCUT2D eigenvalue weighted by atomic mass is 9.87. The molecule has 2 aliphatic rings. The van der Waals surface area contributed by atoms with Gasteiger partial charge in [-0.3, -0.25) is 4.79 Å². The molecule has 2 saturated carbocycles. The van der Waals surface area contributed by atoms with Crippen LogP contribution in [0.1, 0.15) is 56.8 Å². The number of rotatable bonds is 8. The first-order valence-electron chi connectivity index (χ1n) is 11.5. The summed E-state index contributed by atoms with van der Waals surface area (Å²) in [6.07, 6.45) is 4.42. The molecule has 10 nitrogen and oxygen atoms in total. The number of hydrogen-bond acceptors (Lipinski definition) is 7. The maximum absolute atomic E-state index is 12.1. The highest BCUT2D eigenvalue weighted by molar-refractivity contribution is 5.70. The molecule has 10 heteroatoms. The monoisotopic (exact) mass is 457 g/mol. The molecule has 1 amide bonds. The number of amides is 1. The number of nitrogens with zero attached hydrogens (tertiary/aromatic N) is 4. The molecule has 2 aromatic rings. The number of aliphatic carboxylic acids is 1. The summed E-state index contributed by atoms with van der Waals surface area (Å²) in [7, 11) is 1.76. The van der Waals surface area contributed by atoms with Crippen molar-refractivity contribution in [1.29, 1.82) is 0 Å². The highest BCUT2D eigenvalue weighted by atomic mass is 16.6. The van der Waals surface area contributed by atoms with E-state index < -0.39 is 12.1 Å². The predicted molar refractivity (Wildman–Crippen MR) is 118 cm³/mol. The molecule has 4 rings (SSSR count). The Morgan fingerprint density at radius 1 is 1.27 bits per heavy atom. The maximum Gasteiger partial charge on any atom is 0.407 e. The first-order valence-corrected chi connectivity index (χ1v) is 11.5. The molecule has 3 atom stereocenters. The fourth-order valence-corrected chi connectivity index (χ4v) is 4.26. The van der Waals surface area contributed by atoms with E-state index in [9.17, 15) is 14.7 Å². The summed E-state index contributed by atoms with van der Waals surface area (Å²) in [5.74, 6) is -0.00901.